The molecule has 0 radical (unpaired) electrons. The fourth-order valence-electron chi connectivity index (χ4n) is 1.79. The summed E-state index contributed by atoms with van der Waals surface area (Å²) in [6.07, 6.45) is 1.43. The molecular formula is C14H15N3O2. The second-order valence-corrected chi connectivity index (χ2v) is 4.21. The second kappa shape index (κ2) is 5.39. The molecule has 0 unspecified atom stereocenters. The van der Waals surface area contributed by atoms with Gasteiger partial charge in [-0.15, -0.1) is 0 Å². The molecule has 0 aliphatic heterocycles. The highest BCUT2D eigenvalue weighted by molar-refractivity contribution is 5.96. The van der Waals surface area contributed by atoms with Gasteiger partial charge in [-0.05, 0) is 24.1 Å². The topological polar surface area (TPSA) is 88.2 Å². The molecule has 5 heteroatoms. The molecule has 0 amide bonds. The van der Waals surface area contributed by atoms with Crippen LogP contribution in [0, 0.1) is 6.92 Å². The van der Waals surface area contributed by atoms with Crippen molar-refractivity contribution in [3.63, 3.8) is 0 Å². The number of nitrogens with one attached hydrogen (secondary N) is 1. The zero-order chi connectivity index (χ0) is 13.8. The third kappa shape index (κ3) is 2.82. The Labute approximate surface area is 111 Å². The third-order valence-electron chi connectivity index (χ3n) is 2.93. The standard InChI is InChI=1S/C14H15N3O2/c1-9-4-2-3-5-10(9)8-17-13-12(15)11(14(18)19)6-7-16-13/h2-7H,8,15H2,1H3,(H,16,17)(H,18,19). The molecule has 0 spiro atoms. The predicted molar refractivity (Wildman–Crippen MR) is 74.1 cm³/mol. The number of hydrogen-bond donors (Lipinski definition) is 3. The van der Waals surface area contributed by atoms with Crippen molar-refractivity contribution in [2.24, 2.45) is 0 Å². The maximum Gasteiger partial charge on any atom is 0.337 e. The largest absolute Gasteiger partial charge is 0.478 e. The normalized spacial score (nSPS) is 10.2. The second-order valence-electron chi connectivity index (χ2n) is 4.21. The van der Waals surface area contributed by atoms with Crippen molar-refractivity contribution in [1.82, 2.24) is 4.98 Å². The number of carbonyl (C=O) groups is 1. The van der Waals surface area contributed by atoms with Crippen molar-refractivity contribution in [3.8, 4) is 0 Å². The number of aromatic nitrogens is 1. The SMILES string of the molecule is Cc1ccccc1CNc1nccc(C(=O)O)c1N. The van der Waals surface area contributed by atoms with Crippen molar-refractivity contribution in [3.05, 3.63) is 53.2 Å². The Hall–Kier alpha value is -2.56. The minimum atomic E-state index is -1.06. The molecule has 0 saturated carbocycles. The van der Waals surface area contributed by atoms with Crippen molar-refractivity contribution < 1.29 is 9.90 Å². The highest BCUT2D eigenvalue weighted by Crippen LogP contribution is 2.21. The number of pyridine rings is 1. The van der Waals surface area contributed by atoms with E-state index in [1.165, 1.54) is 12.3 Å². The number of nitrogen functional groups attached to an aromatic ring is 1. The summed E-state index contributed by atoms with van der Waals surface area (Å²) in [5.74, 6) is -0.665. The number of carboxylic acids is 1. The minimum absolute atomic E-state index is 0.0577. The van der Waals surface area contributed by atoms with Gasteiger partial charge in [0.05, 0.1) is 11.3 Å². The molecule has 0 fully saturated rings. The molecule has 0 bridgehead atoms. The lowest BCUT2D eigenvalue weighted by Gasteiger charge is -2.11. The van der Waals surface area contributed by atoms with Crippen LogP contribution < -0.4 is 11.1 Å². The van der Waals surface area contributed by atoms with Crippen molar-refractivity contribution in [1.29, 1.82) is 0 Å². The number of anilines is 2. The summed E-state index contributed by atoms with van der Waals surface area (Å²) in [5, 5.41) is 12.0. The van der Waals surface area contributed by atoms with Gasteiger partial charge in [0.2, 0.25) is 0 Å². The van der Waals surface area contributed by atoms with E-state index in [-0.39, 0.29) is 11.3 Å². The fraction of sp³-hybridized carbons (Fsp3) is 0.143. The van der Waals surface area contributed by atoms with Crippen LogP contribution in [0.4, 0.5) is 11.5 Å². The summed E-state index contributed by atoms with van der Waals surface area (Å²) in [5.41, 5.74) is 8.27. The van der Waals surface area contributed by atoms with Gasteiger partial charge >= 0.3 is 5.97 Å². The van der Waals surface area contributed by atoms with E-state index in [2.05, 4.69) is 10.3 Å². The molecule has 98 valence electrons. The zero-order valence-corrected chi connectivity index (χ0v) is 10.6. The minimum Gasteiger partial charge on any atom is -0.478 e. The van der Waals surface area contributed by atoms with E-state index in [4.69, 9.17) is 10.8 Å². The van der Waals surface area contributed by atoms with E-state index in [9.17, 15) is 4.79 Å². The molecular weight excluding hydrogens is 242 g/mol. The first-order valence-electron chi connectivity index (χ1n) is 5.85. The molecule has 2 rings (SSSR count). The summed E-state index contributed by atoms with van der Waals surface area (Å²) in [6, 6.07) is 9.32. The van der Waals surface area contributed by atoms with E-state index in [1.54, 1.807) is 0 Å². The number of aromatic carboxylic acids is 1. The zero-order valence-electron chi connectivity index (χ0n) is 10.6. The Morgan fingerprint density at radius 3 is 2.79 bits per heavy atom. The smallest absolute Gasteiger partial charge is 0.337 e. The van der Waals surface area contributed by atoms with Crippen LogP contribution in [0.15, 0.2) is 36.5 Å². The van der Waals surface area contributed by atoms with E-state index < -0.39 is 5.97 Å². The van der Waals surface area contributed by atoms with Gasteiger partial charge in [-0.2, -0.15) is 0 Å². The first-order valence-corrected chi connectivity index (χ1v) is 5.85. The summed E-state index contributed by atoms with van der Waals surface area (Å²) in [6.45, 7) is 2.56. The van der Waals surface area contributed by atoms with Gasteiger partial charge in [-0.25, -0.2) is 9.78 Å². The maximum absolute atomic E-state index is 11.0. The van der Waals surface area contributed by atoms with Crippen molar-refractivity contribution in [2.45, 2.75) is 13.5 Å². The number of nitrogens with two attached hydrogens (primary N) is 1. The van der Waals surface area contributed by atoms with Crippen molar-refractivity contribution >= 4 is 17.5 Å². The Morgan fingerprint density at radius 2 is 2.11 bits per heavy atom. The summed E-state index contributed by atoms with van der Waals surface area (Å²) >= 11 is 0. The molecule has 0 aliphatic carbocycles. The van der Waals surface area contributed by atoms with Crippen molar-refractivity contribution in [2.75, 3.05) is 11.1 Å². The van der Waals surface area contributed by atoms with Gasteiger partial charge in [0.15, 0.2) is 0 Å². The lowest BCUT2D eigenvalue weighted by Crippen LogP contribution is -2.09. The van der Waals surface area contributed by atoms with Crippen LogP contribution in [0.25, 0.3) is 0 Å². The number of benzene rings is 1. The quantitative estimate of drug-likeness (QED) is 0.782. The van der Waals surface area contributed by atoms with Crippen LogP contribution in [0.3, 0.4) is 0 Å². The number of carboxylic acid groups (broad SMARTS) is 1. The first kappa shape index (κ1) is 12.9. The molecule has 1 heterocycles. The Morgan fingerprint density at radius 1 is 1.37 bits per heavy atom. The number of nitrogens with zero attached hydrogens (tertiary/aromatic N) is 1. The average Bonchev–Trinajstić information content (AvgIpc) is 2.39. The lowest BCUT2D eigenvalue weighted by atomic mass is 10.1. The van der Waals surface area contributed by atoms with Gasteiger partial charge < -0.3 is 16.2 Å². The summed E-state index contributed by atoms with van der Waals surface area (Å²) in [4.78, 5) is 15.0. The van der Waals surface area contributed by atoms with Crippen LogP contribution in [-0.2, 0) is 6.54 Å². The average molecular weight is 257 g/mol. The van der Waals surface area contributed by atoms with E-state index >= 15 is 0 Å². The number of rotatable bonds is 4. The molecule has 2 aromatic rings. The first-order chi connectivity index (χ1) is 9.09. The predicted octanol–water partition coefficient (Wildman–Crippen LogP) is 2.28. The summed E-state index contributed by atoms with van der Waals surface area (Å²) < 4.78 is 0. The molecule has 19 heavy (non-hydrogen) atoms. The Bertz CT molecular complexity index is 611. The van der Waals surface area contributed by atoms with Gasteiger partial charge in [0.25, 0.3) is 0 Å². The molecule has 1 aromatic carbocycles. The monoisotopic (exact) mass is 257 g/mol. The highest BCUT2D eigenvalue weighted by atomic mass is 16.4. The lowest BCUT2D eigenvalue weighted by molar-refractivity contribution is 0.0698. The van der Waals surface area contributed by atoms with Gasteiger partial charge in [0, 0.05) is 12.7 Å². The van der Waals surface area contributed by atoms with E-state index in [1.807, 2.05) is 31.2 Å². The molecule has 0 atom stereocenters. The maximum atomic E-state index is 11.0. The molecule has 5 nitrogen and oxygen atoms in total. The molecule has 0 aliphatic rings. The van der Waals surface area contributed by atoms with E-state index in [0.29, 0.717) is 12.4 Å². The van der Waals surface area contributed by atoms with Gasteiger partial charge in [-0.3, -0.25) is 0 Å². The summed E-state index contributed by atoms with van der Waals surface area (Å²) in [7, 11) is 0. The van der Waals surface area contributed by atoms with Crippen LogP contribution in [0.5, 0.6) is 0 Å². The Kier molecular flexibility index (Phi) is 3.66. The van der Waals surface area contributed by atoms with Crippen LogP contribution in [-0.4, -0.2) is 16.1 Å². The molecule has 0 saturated heterocycles. The third-order valence-corrected chi connectivity index (χ3v) is 2.93. The Balaban J connectivity index is 2.19. The van der Waals surface area contributed by atoms with Gasteiger partial charge in [0.1, 0.15) is 5.82 Å². The van der Waals surface area contributed by atoms with Crippen LogP contribution in [0.1, 0.15) is 21.5 Å². The van der Waals surface area contributed by atoms with Crippen LogP contribution >= 0.6 is 0 Å². The molecule has 4 N–H and O–H groups in total. The van der Waals surface area contributed by atoms with Gasteiger partial charge in [-0.1, -0.05) is 24.3 Å². The number of hydrogen-bond acceptors (Lipinski definition) is 4. The highest BCUT2D eigenvalue weighted by Gasteiger charge is 2.12. The molecule has 1 aromatic heterocycles. The fourth-order valence-corrected chi connectivity index (χ4v) is 1.79. The van der Waals surface area contributed by atoms with E-state index in [0.717, 1.165) is 11.1 Å². The van der Waals surface area contributed by atoms with Crippen LogP contribution in [0.2, 0.25) is 0 Å². The number of aryl methyl sites for hydroxylation is 1.